The molecule has 0 bridgehead atoms. The third-order valence-electron chi connectivity index (χ3n) is 4.56. The van der Waals surface area contributed by atoms with Gasteiger partial charge in [0.05, 0.1) is 24.3 Å². The Morgan fingerprint density at radius 1 is 1.29 bits per heavy atom. The molecule has 0 radical (unpaired) electrons. The number of hydrogen-bond acceptors (Lipinski definition) is 6. The van der Waals surface area contributed by atoms with Gasteiger partial charge >= 0.3 is 5.97 Å². The Labute approximate surface area is 172 Å². The van der Waals surface area contributed by atoms with Gasteiger partial charge < -0.3 is 15.0 Å². The molecule has 0 saturated carbocycles. The molecule has 148 valence electrons. The van der Waals surface area contributed by atoms with E-state index in [9.17, 15) is 14.4 Å². The number of rotatable bonds is 5. The van der Waals surface area contributed by atoms with E-state index in [4.69, 9.17) is 4.74 Å². The van der Waals surface area contributed by atoms with Crippen molar-refractivity contribution in [3.63, 3.8) is 0 Å². The Hall–Kier alpha value is -2.32. The largest absolute Gasteiger partial charge is 0.462 e. The Kier molecular flexibility index (Phi) is 6.41. The molecular weight excluding hydrogens is 396 g/mol. The summed E-state index contributed by atoms with van der Waals surface area (Å²) in [5.74, 6) is -0.710. The lowest BCUT2D eigenvalue weighted by Crippen LogP contribution is -2.34. The van der Waals surface area contributed by atoms with E-state index in [0.717, 1.165) is 15.3 Å². The second-order valence-electron chi connectivity index (χ2n) is 6.27. The van der Waals surface area contributed by atoms with Crippen LogP contribution in [0.1, 0.15) is 45.0 Å². The molecule has 1 aliphatic heterocycles. The summed E-state index contributed by atoms with van der Waals surface area (Å²) in [6, 6.07) is 7.34. The summed E-state index contributed by atoms with van der Waals surface area (Å²) in [5.41, 5.74) is 1.84. The molecule has 2 heterocycles. The molecule has 1 aromatic heterocycles. The van der Waals surface area contributed by atoms with Crippen molar-refractivity contribution in [2.75, 3.05) is 24.7 Å². The molecule has 1 aliphatic rings. The summed E-state index contributed by atoms with van der Waals surface area (Å²) >= 11 is 2.83. The number of nitrogens with one attached hydrogen (secondary N) is 1. The van der Waals surface area contributed by atoms with Crippen LogP contribution in [0.4, 0.5) is 5.00 Å². The minimum atomic E-state index is -0.440. The van der Waals surface area contributed by atoms with Crippen LogP contribution in [0.3, 0.4) is 0 Å². The molecule has 1 aromatic carbocycles. The fourth-order valence-electron chi connectivity index (χ4n) is 3.18. The molecule has 0 aliphatic carbocycles. The lowest BCUT2D eigenvalue weighted by molar-refractivity contribution is -0.129. The van der Waals surface area contributed by atoms with Crippen LogP contribution in [0, 0.1) is 0 Å². The molecule has 2 amide bonds. The molecule has 0 saturated heterocycles. The van der Waals surface area contributed by atoms with Crippen molar-refractivity contribution in [2.45, 2.75) is 31.7 Å². The maximum absolute atomic E-state index is 12.9. The van der Waals surface area contributed by atoms with Gasteiger partial charge in [0.25, 0.3) is 5.91 Å². The number of amides is 2. The van der Waals surface area contributed by atoms with Gasteiger partial charge in [-0.05, 0) is 37.3 Å². The van der Waals surface area contributed by atoms with Gasteiger partial charge in [0.15, 0.2) is 0 Å². The first-order valence-electron chi connectivity index (χ1n) is 8.97. The molecular formula is C20H22N2O4S2. The van der Waals surface area contributed by atoms with Crippen molar-refractivity contribution >= 4 is 45.9 Å². The first-order chi connectivity index (χ1) is 13.5. The van der Waals surface area contributed by atoms with Crippen LogP contribution in [-0.2, 0) is 22.5 Å². The van der Waals surface area contributed by atoms with Gasteiger partial charge in [0, 0.05) is 23.2 Å². The molecule has 6 nitrogen and oxygen atoms in total. The summed E-state index contributed by atoms with van der Waals surface area (Å²) < 4.78 is 5.23. The average molecular weight is 419 g/mol. The molecule has 1 N–H and O–H groups in total. The number of esters is 1. The molecule has 8 heteroatoms. The van der Waals surface area contributed by atoms with Crippen LogP contribution in [0.5, 0.6) is 0 Å². The third-order valence-corrected chi connectivity index (χ3v) is 6.49. The van der Waals surface area contributed by atoms with E-state index in [-0.39, 0.29) is 18.4 Å². The second kappa shape index (κ2) is 8.79. The molecule has 0 unspecified atom stereocenters. The van der Waals surface area contributed by atoms with Crippen LogP contribution < -0.4 is 5.32 Å². The van der Waals surface area contributed by atoms with Crippen LogP contribution in [-0.4, -0.2) is 42.1 Å². The molecule has 0 fully saturated rings. The number of fused-ring (bicyclic) bond motifs is 1. The fraction of sp³-hybridized carbons (Fsp3) is 0.350. The second-order valence-corrected chi connectivity index (χ2v) is 8.23. The van der Waals surface area contributed by atoms with Gasteiger partial charge in [-0.25, -0.2) is 4.79 Å². The van der Waals surface area contributed by atoms with Gasteiger partial charge in [-0.15, -0.1) is 23.1 Å². The lowest BCUT2D eigenvalue weighted by Gasteiger charge is -2.25. The standard InChI is InChI=1S/C20H22N2O4S2/c1-4-26-20(25)17-13-9-10-22(12(2)23)11-16(13)28-19(17)21-18(24)14-7-5-6-8-15(14)27-3/h5-8H,4,9-11H2,1-3H3,(H,21,24). The third kappa shape index (κ3) is 4.07. The Morgan fingerprint density at radius 3 is 2.71 bits per heavy atom. The van der Waals surface area contributed by atoms with Gasteiger partial charge in [-0.3, -0.25) is 9.59 Å². The van der Waals surface area contributed by atoms with E-state index < -0.39 is 5.97 Å². The first kappa shape index (κ1) is 20.4. The van der Waals surface area contributed by atoms with Gasteiger partial charge in [-0.2, -0.15) is 0 Å². The zero-order valence-corrected chi connectivity index (χ0v) is 17.7. The van der Waals surface area contributed by atoms with Gasteiger partial charge in [-0.1, -0.05) is 12.1 Å². The van der Waals surface area contributed by atoms with Crippen molar-refractivity contribution in [3.8, 4) is 0 Å². The zero-order chi connectivity index (χ0) is 20.3. The fourth-order valence-corrected chi connectivity index (χ4v) is 5.02. The number of thioether (sulfide) groups is 1. The number of hydrogen-bond donors (Lipinski definition) is 1. The maximum Gasteiger partial charge on any atom is 0.341 e. The highest BCUT2D eigenvalue weighted by atomic mass is 32.2. The van der Waals surface area contributed by atoms with E-state index in [1.807, 2.05) is 24.5 Å². The Morgan fingerprint density at radius 2 is 2.04 bits per heavy atom. The summed E-state index contributed by atoms with van der Waals surface area (Å²) in [5, 5.41) is 3.39. The van der Waals surface area contributed by atoms with Crippen LogP contribution in [0.2, 0.25) is 0 Å². The summed E-state index contributed by atoms with van der Waals surface area (Å²) in [6.07, 6.45) is 2.48. The van der Waals surface area contributed by atoms with Gasteiger partial charge in [0.2, 0.25) is 5.91 Å². The molecule has 28 heavy (non-hydrogen) atoms. The van der Waals surface area contributed by atoms with Crippen molar-refractivity contribution < 1.29 is 19.1 Å². The van der Waals surface area contributed by atoms with Crippen molar-refractivity contribution in [1.29, 1.82) is 0 Å². The van der Waals surface area contributed by atoms with Crippen molar-refractivity contribution in [1.82, 2.24) is 4.90 Å². The smallest absolute Gasteiger partial charge is 0.341 e. The van der Waals surface area contributed by atoms with E-state index in [2.05, 4.69) is 5.32 Å². The lowest BCUT2D eigenvalue weighted by atomic mass is 10.0. The predicted molar refractivity (Wildman–Crippen MR) is 111 cm³/mol. The highest BCUT2D eigenvalue weighted by molar-refractivity contribution is 7.98. The Bertz CT molecular complexity index is 923. The van der Waals surface area contributed by atoms with E-state index >= 15 is 0 Å². The number of thiophene rings is 1. The quantitative estimate of drug-likeness (QED) is 0.590. The highest BCUT2D eigenvalue weighted by Gasteiger charge is 2.30. The molecule has 2 aromatic rings. The zero-order valence-electron chi connectivity index (χ0n) is 16.0. The van der Waals surface area contributed by atoms with Crippen LogP contribution in [0.15, 0.2) is 29.2 Å². The van der Waals surface area contributed by atoms with Crippen molar-refractivity contribution in [2.24, 2.45) is 0 Å². The van der Waals surface area contributed by atoms with Crippen LogP contribution in [0.25, 0.3) is 0 Å². The summed E-state index contributed by atoms with van der Waals surface area (Å²) in [4.78, 5) is 40.7. The molecule has 0 spiro atoms. The first-order valence-corrected chi connectivity index (χ1v) is 11.0. The van der Waals surface area contributed by atoms with Crippen LogP contribution >= 0.6 is 23.1 Å². The molecule has 3 rings (SSSR count). The summed E-state index contributed by atoms with van der Waals surface area (Å²) in [6.45, 7) is 4.53. The van der Waals surface area contributed by atoms with E-state index in [1.54, 1.807) is 17.9 Å². The van der Waals surface area contributed by atoms with Gasteiger partial charge in [0.1, 0.15) is 5.00 Å². The minimum absolute atomic E-state index is 0.00350. The minimum Gasteiger partial charge on any atom is -0.462 e. The van der Waals surface area contributed by atoms with E-state index in [1.165, 1.54) is 30.0 Å². The number of ether oxygens (including phenoxy) is 1. The average Bonchev–Trinajstić information content (AvgIpc) is 3.04. The van der Waals surface area contributed by atoms with E-state index in [0.29, 0.717) is 35.6 Å². The normalized spacial score (nSPS) is 13.0. The molecule has 0 atom stereocenters. The Balaban J connectivity index is 1.97. The predicted octanol–water partition coefficient (Wildman–Crippen LogP) is 3.80. The number of nitrogens with zero attached hydrogens (tertiary/aromatic N) is 1. The topological polar surface area (TPSA) is 75.7 Å². The maximum atomic E-state index is 12.9. The number of carbonyl (C=O) groups excluding carboxylic acids is 3. The monoisotopic (exact) mass is 418 g/mol. The van der Waals surface area contributed by atoms with Crippen molar-refractivity contribution in [3.05, 3.63) is 45.8 Å². The highest BCUT2D eigenvalue weighted by Crippen LogP contribution is 2.38. The number of carbonyl (C=O) groups is 3. The number of benzene rings is 1. The summed E-state index contributed by atoms with van der Waals surface area (Å²) in [7, 11) is 0. The number of anilines is 1. The SMILES string of the molecule is CCOC(=O)c1c(NC(=O)c2ccccc2SC)sc2c1CCN(C(C)=O)C2.